The minimum atomic E-state index is -2.06. The molecule has 7 heteroatoms. The molecule has 0 unspecified atom stereocenters. The van der Waals surface area contributed by atoms with Gasteiger partial charge in [0.2, 0.25) is 5.78 Å². The number of phenolic OH excluding ortho intramolecular Hbond substituents is 1. The van der Waals surface area contributed by atoms with E-state index in [4.69, 9.17) is 9.47 Å². The first-order chi connectivity index (χ1) is 14.6. The summed E-state index contributed by atoms with van der Waals surface area (Å²) < 4.78 is 10.2. The maximum atomic E-state index is 13.1. The number of hydrogen-bond acceptors (Lipinski definition) is 7. The SMILES string of the molecule is CC(=O)OCC(=O)[C@@]1(O)[C@H](OC(C)=O)C=C2c3ccc4cc(O)ccc4c3CC[C@@]21C. The average molecular weight is 424 g/mol. The van der Waals surface area contributed by atoms with E-state index in [-0.39, 0.29) is 5.75 Å². The predicted molar refractivity (Wildman–Crippen MR) is 112 cm³/mol. The van der Waals surface area contributed by atoms with Crippen molar-refractivity contribution in [1.82, 2.24) is 0 Å². The first kappa shape index (κ1) is 21.1. The van der Waals surface area contributed by atoms with E-state index in [0.717, 1.165) is 21.9 Å². The van der Waals surface area contributed by atoms with Gasteiger partial charge in [0.1, 0.15) is 5.75 Å². The minimum absolute atomic E-state index is 0.175. The number of fused-ring (bicyclic) bond motifs is 5. The summed E-state index contributed by atoms with van der Waals surface area (Å²) in [6.45, 7) is 3.57. The number of carbonyl (C=O) groups excluding carboxylic acids is 3. The molecular formula is C24H24O7. The van der Waals surface area contributed by atoms with E-state index in [0.29, 0.717) is 18.4 Å². The van der Waals surface area contributed by atoms with E-state index in [1.165, 1.54) is 13.8 Å². The number of carbonyl (C=O) groups is 3. The fraction of sp³-hybridized carbons (Fsp3) is 0.375. The molecule has 0 fully saturated rings. The van der Waals surface area contributed by atoms with Crippen LogP contribution in [0.3, 0.4) is 0 Å². The Bertz CT molecular complexity index is 1150. The molecule has 2 N–H and O–H groups in total. The molecule has 7 nitrogen and oxygen atoms in total. The van der Waals surface area contributed by atoms with Crippen molar-refractivity contribution >= 4 is 34.1 Å². The third-order valence-electron chi connectivity index (χ3n) is 6.57. The molecule has 0 saturated carbocycles. The molecule has 0 aromatic heterocycles. The number of hydrogen-bond donors (Lipinski definition) is 2. The Morgan fingerprint density at radius 1 is 1.13 bits per heavy atom. The second kappa shape index (κ2) is 7.20. The minimum Gasteiger partial charge on any atom is -0.508 e. The van der Waals surface area contributed by atoms with Crippen LogP contribution in [0.4, 0.5) is 0 Å². The molecule has 4 rings (SSSR count). The van der Waals surface area contributed by atoms with Crippen LogP contribution in [0, 0.1) is 5.41 Å². The van der Waals surface area contributed by atoms with Crippen LogP contribution in [0.25, 0.3) is 16.3 Å². The molecule has 0 aliphatic heterocycles. The van der Waals surface area contributed by atoms with Crippen LogP contribution in [0.5, 0.6) is 5.75 Å². The van der Waals surface area contributed by atoms with Gasteiger partial charge in [0.15, 0.2) is 18.3 Å². The fourth-order valence-corrected chi connectivity index (χ4v) is 5.01. The largest absolute Gasteiger partial charge is 0.508 e. The Morgan fingerprint density at radius 3 is 2.55 bits per heavy atom. The first-order valence-electron chi connectivity index (χ1n) is 10.1. The second-order valence-corrected chi connectivity index (χ2v) is 8.41. The van der Waals surface area contributed by atoms with Crippen molar-refractivity contribution < 1.29 is 34.1 Å². The molecule has 2 aliphatic rings. The molecule has 2 aromatic carbocycles. The third-order valence-corrected chi connectivity index (χ3v) is 6.57. The average Bonchev–Trinajstić information content (AvgIpc) is 2.93. The Kier molecular flexibility index (Phi) is 4.89. The van der Waals surface area contributed by atoms with Gasteiger partial charge in [-0.1, -0.05) is 25.1 Å². The Hall–Kier alpha value is -3.19. The normalized spacial score (nSPS) is 26.6. The van der Waals surface area contributed by atoms with Gasteiger partial charge in [-0.3, -0.25) is 14.4 Å². The molecule has 0 heterocycles. The van der Waals surface area contributed by atoms with Crippen molar-refractivity contribution in [2.75, 3.05) is 6.61 Å². The van der Waals surface area contributed by atoms with Crippen LogP contribution < -0.4 is 0 Å². The van der Waals surface area contributed by atoms with Crippen LogP contribution in [0.15, 0.2) is 36.4 Å². The number of aromatic hydroxyl groups is 1. The highest BCUT2D eigenvalue weighted by Gasteiger charge is 2.64. The summed E-state index contributed by atoms with van der Waals surface area (Å²) in [4.78, 5) is 36.1. The zero-order chi connectivity index (χ0) is 22.6. The van der Waals surface area contributed by atoms with Gasteiger partial charge in [0.25, 0.3) is 0 Å². The molecule has 0 spiro atoms. The maximum Gasteiger partial charge on any atom is 0.303 e. The lowest BCUT2D eigenvalue weighted by molar-refractivity contribution is -0.179. The van der Waals surface area contributed by atoms with Gasteiger partial charge in [-0.25, -0.2) is 0 Å². The molecule has 0 amide bonds. The third kappa shape index (κ3) is 3.11. The highest BCUT2D eigenvalue weighted by molar-refractivity contribution is 6.00. The van der Waals surface area contributed by atoms with Crippen molar-refractivity contribution in [1.29, 1.82) is 0 Å². The quantitative estimate of drug-likeness (QED) is 0.726. The van der Waals surface area contributed by atoms with Gasteiger partial charge in [-0.05, 0) is 58.5 Å². The van der Waals surface area contributed by atoms with Crippen LogP contribution >= 0.6 is 0 Å². The van der Waals surface area contributed by atoms with Gasteiger partial charge < -0.3 is 19.7 Å². The molecule has 2 aliphatic carbocycles. The van der Waals surface area contributed by atoms with Crippen molar-refractivity contribution in [2.24, 2.45) is 5.41 Å². The lowest BCUT2D eigenvalue weighted by atomic mass is 9.61. The number of ether oxygens (including phenoxy) is 2. The predicted octanol–water partition coefficient (Wildman–Crippen LogP) is 2.69. The van der Waals surface area contributed by atoms with Crippen molar-refractivity contribution in [3.05, 3.63) is 47.5 Å². The molecule has 0 radical (unpaired) electrons. The summed E-state index contributed by atoms with van der Waals surface area (Å²) in [6, 6.07) is 8.93. The first-order valence-corrected chi connectivity index (χ1v) is 10.1. The van der Waals surface area contributed by atoms with Crippen molar-refractivity contribution in [3.8, 4) is 5.75 Å². The van der Waals surface area contributed by atoms with Gasteiger partial charge >= 0.3 is 11.9 Å². The zero-order valence-electron chi connectivity index (χ0n) is 17.6. The van der Waals surface area contributed by atoms with Gasteiger partial charge in [0.05, 0.1) is 0 Å². The van der Waals surface area contributed by atoms with Crippen LogP contribution in [0.1, 0.15) is 38.3 Å². The Labute approximate surface area is 179 Å². The second-order valence-electron chi connectivity index (χ2n) is 8.41. The maximum absolute atomic E-state index is 13.1. The Morgan fingerprint density at radius 2 is 1.87 bits per heavy atom. The summed E-state index contributed by atoms with van der Waals surface area (Å²) >= 11 is 0. The number of aryl methyl sites for hydroxylation is 1. The number of ketones is 1. The topological polar surface area (TPSA) is 110 Å². The number of rotatable bonds is 4. The molecule has 162 valence electrons. The summed E-state index contributed by atoms with van der Waals surface area (Å²) in [7, 11) is 0. The van der Waals surface area contributed by atoms with E-state index in [2.05, 4.69) is 0 Å². The monoisotopic (exact) mass is 424 g/mol. The highest BCUT2D eigenvalue weighted by Crippen LogP contribution is 2.58. The van der Waals surface area contributed by atoms with Crippen molar-refractivity contribution in [2.45, 2.75) is 45.3 Å². The summed E-state index contributed by atoms with van der Waals surface area (Å²) in [5.41, 5.74) is -0.485. The smallest absolute Gasteiger partial charge is 0.303 e. The highest BCUT2D eigenvalue weighted by atomic mass is 16.6. The summed E-state index contributed by atoms with van der Waals surface area (Å²) in [5.74, 6) is -1.80. The molecule has 3 atom stereocenters. The van der Waals surface area contributed by atoms with Crippen molar-refractivity contribution in [3.63, 3.8) is 0 Å². The van der Waals surface area contributed by atoms with E-state index in [1.807, 2.05) is 18.2 Å². The van der Waals surface area contributed by atoms with Crippen LogP contribution in [0.2, 0.25) is 0 Å². The zero-order valence-corrected chi connectivity index (χ0v) is 17.6. The summed E-state index contributed by atoms with van der Waals surface area (Å²) in [5, 5.41) is 23.4. The lowest BCUT2D eigenvalue weighted by Crippen LogP contribution is -2.59. The summed E-state index contributed by atoms with van der Waals surface area (Å²) in [6.07, 6.45) is 1.43. The Balaban J connectivity index is 1.85. The lowest BCUT2D eigenvalue weighted by Gasteiger charge is -2.45. The molecular weight excluding hydrogens is 400 g/mol. The molecule has 0 bridgehead atoms. The molecule has 2 aromatic rings. The van der Waals surface area contributed by atoms with Gasteiger partial charge in [-0.2, -0.15) is 0 Å². The van der Waals surface area contributed by atoms with Gasteiger partial charge in [0, 0.05) is 19.3 Å². The van der Waals surface area contributed by atoms with Crippen LogP contribution in [-0.2, 0) is 30.3 Å². The van der Waals surface area contributed by atoms with E-state index >= 15 is 0 Å². The van der Waals surface area contributed by atoms with E-state index in [1.54, 1.807) is 25.1 Å². The fourth-order valence-electron chi connectivity index (χ4n) is 5.01. The number of esters is 2. The standard InChI is InChI=1S/C24H24O7/c1-13(25)30-12-21(28)24(29)22(31-14(2)26)11-20-19-6-4-15-10-16(27)5-7-17(15)18(19)8-9-23(20,24)3/h4-7,10-11,22,27,29H,8-9,12H2,1-3H3/t22-,23+,24-/m1/s1. The number of phenols is 1. The van der Waals surface area contributed by atoms with Crippen LogP contribution in [-0.4, -0.2) is 46.2 Å². The van der Waals surface area contributed by atoms with E-state index < -0.39 is 41.4 Å². The number of benzene rings is 2. The number of aliphatic hydroxyl groups is 1. The van der Waals surface area contributed by atoms with Gasteiger partial charge in [-0.15, -0.1) is 0 Å². The number of Topliss-reactive ketones (excluding diaryl/α,β-unsaturated/α-hetero) is 1. The van der Waals surface area contributed by atoms with E-state index in [9.17, 15) is 24.6 Å². The molecule has 0 saturated heterocycles. The molecule has 31 heavy (non-hydrogen) atoms.